The molecule has 0 atom stereocenters. The Kier molecular flexibility index (Phi) is 4.49. The molecule has 5 nitrogen and oxygen atoms in total. The van der Waals surface area contributed by atoms with Crippen LogP contribution in [0.25, 0.3) is 0 Å². The molecule has 0 saturated carbocycles. The first-order valence-electron chi connectivity index (χ1n) is 5.45. The monoisotopic (exact) mass is 225 g/mol. The third-order valence-corrected chi connectivity index (χ3v) is 2.58. The zero-order chi connectivity index (χ0) is 12.1. The minimum atomic E-state index is -0.00120. The zero-order valence-corrected chi connectivity index (χ0v) is 9.95. The first kappa shape index (κ1) is 12.7. The number of nitrogens with one attached hydrogen (secondary N) is 1. The van der Waals surface area contributed by atoms with Crippen LogP contribution < -0.4 is 5.32 Å². The molecule has 0 unspecified atom stereocenters. The van der Waals surface area contributed by atoms with Crippen LogP contribution >= 0.6 is 0 Å². The van der Waals surface area contributed by atoms with Crippen molar-refractivity contribution >= 4 is 11.8 Å². The number of likely N-dealkylation sites (N-methyl/N-ethyl adjacent to an activating group) is 2. The molecule has 1 heterocycles. The number of hydrogen-bond donors (Lipinski definition) is 1. The van der Waals surface area contributed by atoms with E-state index < -0.39 is 0 Å². The molecule has 0 aromatic heterocycles. The first-order chi connectivity index (χ1) is 7.58. The number of rotatable bonds is 5. The highest BCUT2D eigenvalue weighted by atomic mass is 16.2. The summed E-state index contributed by atoms with van der Waals surface area (Å²) in [4.78, 5) is 26.5. The van der Waals surface area contributed by atoms with Gasteiger partial charge in [0.05, 0.1) is 6.54 Å². The SMILES string of the molecule is C=C(CNC)CN1CC(=O)N(CC)CC1=O. The van der Waals surface area contributed by atoms with Gasteiger partial charge in [0, 0.05) is 19.6 Å². The average molecular weight is 225 g/mol. The van der Waals surface area contributed by atoms with Crippen molar-refractivity contribution in [3.05, 3.63) is 12.2 Å². The number of carbonyl (C=O) groups excluding carboxylic acids is 2. The normalized spacial score (nSPS) is 16.9. The summed E-state index contributed by atoms with van der Waals surface area (Å²) in [5, 5.41) is 2.97. The molecule has 1 aliphatic heterocycles. The van der Waals surface area contributed by atoms with Gasteiger partial charge in [-0.2, -0.15) is 0 Å². The molecular formula is C11H19N3O2. The van der Waals surface area contributed by atoms with Crippen molar-refractivity contribution in [2.45, 2.75) is 6.92 Å². The fourth-order valence-electron chi connectivity index (χ4n) is 1.71. The van der Waals surface area contributed by atoms with E-state index in [1.807, 2.05) is 14.0 Å². The van der Waals surface area contributed by atoms with Crippen molar-refractivity contribution in [1.82, 2.24) is 15.1 Å². The quantitative estimate of drug-likeness (QED) is 0.639. The molecule has 16 heavy (non-hydrogen) atoms. The third kappa shape index (κ3) is 3.06. The average Bonchev–Trinajstić information content (AvgIpc) is 2.23. The summed E-state index contributed by atoms with van der Waals surface area (Å²) >= 11 is 0. The van der Waals surface area contributed by atoms with Crippen LogP contribution in [0.15, 0.2) is 12.2 Å². The van der Waals surface area contributed by atoms with Gasteiger partial charge in [0.1, 0.15) is 6.54 Å². The molecule has 0 spiro atoms. The Bertz CT molecular complexity index is 300. The second-order valence-electron chi connectivity index (χ2n) is 3.94. The summed E-state index contributed by atoms with van der Waals surface area (Å²) in [5.41, 5.74) is 0.911. The fraction of sp³-hybridized carbons (Fsp3) is 0.636. The van der Waals surface area contributed by atoms with Crippen molar-refractivity contribution in [2.75, 3.05) is 39.8 Å². The summed E-state index contributed by atoms with van der Waals surface area (Å²) < 4.78 is 0. The number of piperazine rings is 1. The van der Waals surface area contributed by atoms with Gasteiger partial charge in [-0.25, -0.2) is 0 Å². The molecule has 0 aliphatic carbocycles. The lowest BCUT2D eigenvalue weighted by atomic mass is 10.2. The van der Waals surface area contributed by atoms with Gasteiger partial charge in [-0.15, -0.1) is 0 Å². The van der Waals surface area contributed by atoms with E-state index in [1.54, 1.807) is 9.80 Å². The molecule has 5 heteroatoms. The van der Waals surface area contributed by atoms with E-state index in [0.717, 1.165) is 5.57 Å². The maximum atomic E-state index is 11.7. The van der Waals surface area contributed by atoms with Crippen LogP contribution in [0.2, 0.25) is 0 Å². The van der Waals surface area contributed by atoms with Crippen LogP contribution in [0, 0.1) is 0 Å². The lowest BCUT2D eigenvalue weighted by Gasteiger charge is -2.33. The Morgan fingerprint density at radius 2 is 1.88 bits per heavy atom. The predicted molar refractivity (Wildman–Crippen MR) is 61.9 cm³/mol. The minimum absolute atomic E-state index is 0.00120. The van der Waals surface area contributed by atoms with E-state index in [4.69, 9.17) is 0 Å². The molecule has 1 N–H and O–H groups in total. The summed E-state index contributed by atoms with van der Waals surface area (Å²) in [6.07, 6.45) is 0. The molecule has 0 bridgehead atoms. The van der Waals surface area contributed by atoms with Gasteiger partial charge in [0.2, 0.25) is 11.8 Å². The van der Waals surface area contributed by atoms with Crippen molar-refractivity contribution in [1.29, 1.82) is 0 Å². The van der Waals surface area contributed by atoms with E-state index in [9.17, 15) is 9.59 Å². The van der Waals surface area contributed by atoms with E-state index >= 15 is 0 Å². The first-order valence-corrected chi connectivity index (χ1v) is 5.45. The smallest absolute Gasteiger partial charge is 0.242 e. The maximum absolute atomic E-state index is 11.7. The molecule has 0 aromatic carbocycles. The molecule has 1 aliphatic rings. The Morgan fingerprint density at radius 3 is 2.44 bits per heavy atom. The topological polar surface area (TPSA) is 52.7 Å². The minimum Gasteiger partial charge on any atom is -0.332 e. The molecule has 2 amide bonds. The van der Waals surface area contributed by atoms with Gasteiger partial charge in [0.15, 0.2) is 0 Å². The van der Waals surface area contributed by atoms with Crippen molar-refractivity contribution in [2.24, 2.45) is 0 Å². The largest absolute Gasteiger partial charge is 0.332 e. The second kappa shape index (κ2) is 5.65. The molecule has 1 rings (SSSR count). The van der Waals surface area contributed by atoms with Gasteiger partial charge in [0.25, 0.3) is 0 Å². The molecule has 1 fully saturated rings. The summed E-state index contributed by atoms with van der Waals surface area (Å²) in [6.45, 7) is 7.82. The van der Waals surface area contributed by atoms with Crippen LogP contribution in [0.1, 0.15) is 6.92 Å². The molecule has 90 valence electrons. The van der Waals surface area contributed by atoms with Gasteiger partial charge < -0.3 is 15.1 Å². The van der Waals surface area contributed by atoms with Crippen molar-refractivity contribution in [3.63, 3.8) is 0 Å². The lowest BCUT2D eigenvalue weighted by Crippen LogP contribution is -2.54. The molecule has 1 saturated heterocycles. The Morgan fingerprint density at radius 1 is 1.31 bits per heavy atom. The number of amides is 2. The number of carbonyl (C=O) groups is 2. The highest BCUT2D eigenvalue weighted by molar-refractivity contribution is 5.92. The van der Waals surface area contributed by atoms with Gasteiger partial charge in [-0.05, 0) is 19.5 Å². The summed E-state index contributed by atoms with van der Waals surface area (Å²) in [6, 6.07) is 0. The van der Waals surface area contributed by atoms with E-state index in [-0.39, 0.29) is 24.9 Å². The van der Waals surface area contributed by atoms with Crippen LogP contribution in [0.3, 0.4) is 0 Å². The number of hydrogen-bond acceptors (Lipinski definition) is 3. The van der Waals surface area contributed by atoms with E-state index in [2.05, 4.69) is 11.9 Å². The van der Waals surface area contributed by atoms with Gasteiger partial charge in [-0.1, -0.05) is 6.58 Å². The van der Waals surface area contributed by atoms with Gasteiger partial charge in [-0.3, -0.25) is 9.59 Å². The third-order valence-electron chi connectivity index (χ3n) is 2.58. The number of nitrogens with zero attached hydrogens (tertiary/aromatic N) is 2. The highest BCUT2D eigenvalue weighted by Crippen LogP contribution is 2.06. The van der Waals surface area contributed by atoms with E-state index in [0.29, 0.717) is 19.6 Å². The summed E-state index contributed by atoms with van der Waals surface area (Å²) in [5.74, 6) is 0.0121. The Balaban J connectivity index is 2.53. The molecule has 0 radical (unpaired) electrons. The standard InChI is InChI=1S/C11H19N3O2/c1-4-13-7-11(16)14(8-10(13)15)6-9(2)5-12-3/h12H,2,4-8H2,1,3H3. The fourth-order valence-corrected chi connectivity index (χ4v) is 1.71. The van der Waals surface area contributed by atoms with Crippen molar-refractivity contribution < 1.29 is 9.59 Å². The predicted octanol–water partition coefficient (Wildman–Crippen LogP) is -0.547. The van der Waals surface area contributed by atoms with Gasteiger partial charge >= 0.3 is 0 Å². The van der Waals surface area contributed by atoms with Crippen molar-refractivity contribution in [3.8, 4) is 0 Å². The Labute approximate surface area is 96.1 Å². The van der Waals surface area contributed by atoms with Crippen LogP contribution in [-0.2, 0) is 9.59 Å². The maximum Gasteiger partial charge on any atom is 0.242 e. The van der Waals surface area contributed by atoms with E-state index in [1.165, 1.54) is 0 Å². The molecule has 0 aromatic rings. The van der Waals surface area contributed by atoms with Crippen LogP contribution in [-0.4, -0.2) is 61.4 Å². The Hall–Kier alpha value is -1.36. The zero-order valence-electron chi connectivity index (χ0n) is 9.95. The van der Waals surface area contributed by atoms with Crippen LogP contribution in [0.5, 0.6) is 0 Å². The highest BCUT2D eigenvalue weighted by Gasteiger charge is 2.28. The summed E-state index contributed by atoms with van der Waals surface area (Å²) in [7, 11) is 1.83. The van der Waals surface area contributed by atoms with Crippen LogP contribution in [0.4, 0.5) is 0 Å². The second-order valence-corrected chi connectivity index (χ2v) is 3.94. The lowest BCUT2D eigenvalue weighted by molar-refractivity contribution is -0.149. The molecular weight excluding hydrogens is 206 g/mol.